The van der Waals surface area contributed by atoms with Crippen molar-refractivity contribution in [2.24, 2.45) is 0 Å². The van der Waals surface area contributed by atoms with E-state index < -0.39 is 0 Å². The van der Waals surface area contributed by atoms with Crippen molar-refractivity contribution in [3.05, 3.63) is 65.2 Å². The molecule has 2 aromatic carbocycles. The number of anilines is 1. The Kier molecular flexibility index (Phi) is 5.52. The molecule has 0 saturated heterocycles. The Balaban J connectivity index is 2.20. The molecule has 0 aliphatic heterocycles. The molecule has 23 heavy (non-hydrogen) atoms. The second kappa shape index (κ2) is 7.58. The van der Waals surface area contributed by atoms with Crippen LogP contribution >= 0.6 is 0 Å². The zero-order valence-corrected chi connectivity index (χ0v) is 13.8. The molecular weight excluding hydrogens is 288 g/mol. The Morgan fingerprint density at radius 2 is 1.83 bits per heavy atom. The van der Waals surface area contributed by atoms with E-state index in [1.165, 1.54) is 12.5 Å². The van der Waals surface area contributed by atoms with Gasteiger partial charge < -0.3 is 10.2 Å². The third-order valence-electron chi connectivity index (χ3n) is 3.72. The van der Waals surface area contributed by atoms with Gasteiger partial charge in [-0.2, -0.15) is 0 Å². The molecule has 0 atom stereocenters. The number of nitrogens with zero attached hydrogens (tertiary/aromatic N) is 1. The van der Waals surface area contributed by atoms with Crippen LogP contribution in [0.25, 0.3) is 0 Å². The summed E-state index contributed by atoms with van der Waals surface area (Å²) in [5.41, 5.74) is 3.52. The van der Waals surface area contributed by atoms with Gasteiger partial charge in [0.05, 0.1) is 0 Å². The summed E-state index contributed by atoms with van der Waals surface area (Å²) in [6, 6.07) is 15.1. The molecule has 0 fully saturated rings. The molecule has 0 aliphatic carbocycles. The van der Waals surface area contributed by atoms with E-state index in [2.05, 4.69) is 5.32 Å². The van der Waals surface area contributed by atoms with Crippen molar-refractivity contribution in [1.29, 1.82) is 0 Å². The first-order valence-electron chi connectivity index (χ1n) is 7.72. The molecule has 0 aromatic heterocycles. The minimum atomic E-state index is -0.151. The van der Waals surface area contributed by atoms with Crippen molar-refractivity contribution in [2.75, 3.05) is 11.9 Å². The molecule has 0 unspecified atom stereocenters. The number of hydrogen-bond acceptors (Lipinski definition) is 2. The Morgan fingerprint density at radius 3 is 2.48 bits per heavy atom. The fraction of sp³-hybridized carbons (Fsp3) is 0.263. The normalized spacial score (nSPS) is 10.2. The maximum Gasteiger partial charge on any atom is 0.254 e. The van der Waals surface area contributed by atoms with Crippen LogP contribution in [-0.2, 0) is 11.3 Å². The Bertz CT molecular complexity index is 710. The lowest BCUT2D eigenvalue weighted by Gasteiger charge is -2.22. The highest BCUT2D eigenvalue weighted by molar-refractivity contribution is 5.96. The summed E-state index contributed by atoms with van der Waals surface area (Å²) in [6.07, 6.45) is 0. The molecule has 2 rings (SSSR count). The molecule has 4 heteroatoms. The number of aryl methyl sites for hydroxylation is 1. The lowest BCUT2D eigenvalue weighted by Crippen LogP contribution is -2.30. The zero-order valence-electron chi connectivity index (χ0n) is 13.8. The van der Waals surface area contributed by atoms with Gasteiger partial charge in [0.25, 0.3) is 5.91 Å². The number of carbonyl (C=O) groups is 2. The van der Waals surface area contributed by atoms with Gasteiger partial charge in [0.1, 0.15) is 0 Å². The van der Waals surface area contributed by atoms with Crippen molar-refractivity contribution < 1.29 is 9.59 Å². The van der Waals surface area contributed by atoms with Crippen molar-refractivity contribution in [3.63, 3.8) is 0 Å². The molecule has 1 N–H and O–H groups in total. The summed E-state index contributed by atoms with van der Waals surface area (Å²) in [5.74, 6) is -0.190. The van der Waals surface area contributed by atoms with Crippen molar-refractivity contribution >= 4 is 17.5 Å². The molecule has 0 radical (unpaired) electrons. The van der Waals surface area contributed by atoms with Gasteiger partial charge in [0.2, 0.25) is 5.91 Å². The second-order valence-electron chi connectivity index (χ2n) is 5.51. The Morgan fingerprint density at radius 1 is 1.09 bits per heavy atom. The third kappa shape index (κ3) is 4.42. The third-order valence-corrected chi connectivity index (χ3v) is 3.72. The van der Waals surface area contributed by atoms with E-state index in [0.29, 0.717) is 24.3 Å². The molecule has 0 bridgehead atoms. The lowest BCUT2D eigenvalue weighted by atomic mass is 10.1. The van der Waals surface area contributed by atoms with Gasteiger partial charge in [-0.25, -0.2) is 0 Å². The van der Waals surface area contributed by atoms with Crippen LogP contribution in [0.3, 0.4) is 0 Å². The molecule has 0 aliphatic rings. The van der Waals surface area contributed by atoms with Gasteiger partial charge in [-0.05, 0) is 43.2 Å². The van der Waals surface area contributed by atoms with Crippen molar-refractivity contribution in [1.82, 2.24) is 4.90 Å². The minimum absolute atomic E-state index is 0.0389. The predicted molar refractivity (Wildman–Crippen MR) is 92.3 cm³/mol. The number of benzene rings is 2. The molecule has 4 nitrogen and oxygen atoms in total. The van der Waals surface area contributed by atoms with E-state index in [1.807, 2.05) is 38.1 Å². The SMILES string of the molecule is CCN(Cc1ccccc1C)C(=O)c1cccc(NC(C)=O)c1. The van der Waals surface area contributed by atoms with E-state index in [1.54, 1.807) is 29.2 Å². The summed E-state index contributed by atoms with van der Waals surface area (Å²) in [7, 11) is 0. The summed E-state index contributed by atoms with van der Waals surface area (Å²) in [4.78, 5) is 25.7. The largest absolute Gasteiger partial charge is 0.335 e. The van der Waals surface area contributed by atoms with E-state index in [9.17, 15) is 9.59 Å². The van der Waals surface area contributed by atoms with E-state index in [4.69, 9.17) is 0 Å². The van der Waals surface area contributed by atoms with Crippen molar-refractivity contribution in [3.8, 4) is 0 Å². The number of amides is 2. The highest BCUT2D eigenvalue weighted by Gasteiger charge is 2.15. The van der Waals surface area contributed by atoms with Crippen LogP contribution in [0.4, 0.5) is 5.69 Å². The first kappa shape index (κ1) is 16.7. The van der Waals surface area contributed by atoms with Gasteiger partial charge in [0, 0.05) is 31.3 Å². The molecule has 0 spiro atoms. The fourth-order valence-electron chi connectivity index (χ4n) is 2.44. The van der Waals surface area contributed by atoms with Crippen LogP contribution in [0.5, 0.6) is 0 Å². The quantitative estimate of drug-likeness (QED) is 0.917. The molecule has 120 valence electrons. The highest BCUT2D eigenvalue weighted by atomic mass is 16.2. The van der Waals surface area contributed by atoms with Crippen LogP contribution in [0.2, 0.25) is 0 Å². The Labute approximate surface area is 137 Å². The summed E-state index contributed by atoms with van der Waals surface area (Å²) in [6.45, 7) is 6.66. The lowest BCUT2D eigenvalue weighted by molar-refractivity contribution is -0.114. The maximum atomic E-state index is 12.7. The van der Waals surface area contributed by atoms with Crippen LogP contribution in [0.1, 0.15) is 35.3 Å². The van der Waals surface area contributed by atoms with Crippen LogP contribution in [-0.4, -0.2) is 23.3 Å². The van der Waals surface area contributed by atoms with E-state index >= 15 is 0 Å². The van der Waals surface area contributed by atoms with Gasteiger partial charge in [-0.1, -0.05) is 30.3 Å². The van der Waals surface area contributed by atoms with Gasteiger partial charge >= 0.3 is 0 Å². The molecule has 0 saturated carbocycles. The zero-order chi connectivity index (χ0) is 16.8. The first-order chi connectivity index (χ1) is 11.0. The number of carbonyl (C=O) groups excluding carboxylic acids is 2. The highest BCUT2D eigenvalue weighted by Crippen LogP contribution is 2.16. The average molecular weight is 310 g/mol. The maximum absolute atomic E-state index is 12.7. The van der Waals surface area contributed by atoms with Crippen molar-refractivity contribution in [2.45, 2.75) is 27.3 Å². The summed E-state index contributed by atoms with van der Waals surface area (Å²) in [5, 5.41) is 2.71. The fourth-order valence-corrected chi connectivity index (χ4v) is 2.44. The topological polar surface area (TPSA) is 49.4 Å². The second-order valence-corrected chi connectivity index (χ2v) is 5.51. The number of hydrogen-bond donors (Lipinski definition) is 1. The van der Waals surface area contributed by atoms with Gasteiger partial charge in [-0.15, -0.1) is 0 Å². The van der Waals surface area contributed by atoms with Crippen LogP contribution in [0, 0.1) is 6.92 Å². The minimum Gasteiger partial charge on any atom is -0.335 e. The number of rotatable bonds is 5. The molecular formula is C19H22N2O2. The molecule has 0 heterocycles. The summed E-state index contributed by atoms with van der Waals surface area (Å²) >= 11 is 0. The van der Waals surface area contributed by atoms with Gasteiger partial charge in [0.15, 0.2) is 0 Å². The monoisotopic (exact) mass is 310 g/mol. The van der Waals surface area contributed by atoms with Gasteiger partial charge in [-0.3, -0.25) is 9.59 Å². The Hall–Kier alpha value is -2.62. The molecule has 2 amide bonds. The van der Waals surface area contributed by atoms with E-state index in [0.717, 1.165) is 5.56 Å². The molecule has 2 aromatic rings. The summed E-state index contributed by atoms with van der Waals surface area (Å²) < 4.78 is 0. The van der Waals surface area contributed by atoms with Crippen LogP contribution < -0.4 is 5.32 Å². The smallest absolute Gasteiger partial charge is 0.254 e. The number of nitrogens with one attached hydrogen (secondary N) is 1. The predicted octanol–water partition coefficient (Wildman–Crippen LogP) is 3.62. The van der Waals surface area contributed by atoms with E-state index in [-0.39, 0.29) is 11.8 Å². The average Bonchev–Trinajstić information content (AvgIpc) is 2.53. The van der Waals surface area contributed by atoms with Crippen LogP contribution in [0.15, 0.2) is 48.5 Å². The standard InChI is InChI=1S/C19H22N2O2/c1-4-21(13-17-9-6-5-8-14(17)2)19(23)16-10-7-11-18(12-16)20-15(3)22/h5-12H,4,13H2,1-3H3,(H,20,22). The first-order valence-corrected chi connectivity index (χ1v) is 7.72.